The summed E-state index contributed by atoms with van der Waals surface area (Å²) >= 11 is 0. The molecule has 0 aromatic heterocycles. The molecule has 2 rings (SSSR count). The zero-order valence-electron chi connectivity index (χ0n) is 11.4. The molecule has 1 amide bonds. The molecule has 19 heavy (non-hydrogen) atoms. The second-order valence-corrected chi connectivity index (χ2v) is 4.90. The number of carbonyl (C=O) groups excluding carboxylic acids is 2. The third-order valence-corrected chi connectivity index (χ3v) is 3.49. The van der Waals surface area contributed by atoms with Crippen LogP contribution in [0.3, 0.4) is 0 Å². The van der Waals surface area contributed by atoms with Gasteiger partial charge in [0.15, 0.2) is 0 Å². The number of carbonyl (C=O) groups is 2. The van der Waals surface area contributed by atoms with Gasteiger partial charge in [0, 0.05) is 25.9 Å². The van der Waals surface area contributed by atoms with Gasteiger partial charge in [-0.2, -0.15) is 0 Å². The van der Waals surface area contributed by atoms with Crippen molar-refractivity contribution in [1.82, 2.24) is 4.90 Å². The van der Waals surface area contributed by atoms with Gasteiger partial charge >= 0.3 is 0 Å². The maximum atomic E-state index is 12.1. The Morgan fingerprint density at radius 1 is 1.32 bits per heavy atom. The van der Waals surface area contributed by atoms with Gasteiger partial charge in [-0.05, 0) is 24.1 Å². The van der Waals surface area contributed by atoms with E-state index in [1.165, 1.54) is 0 Å². The lowest BCUT2D eigenvalue weighted by molar-refractivity contribution is -0.133. The molecule has 1 heterocycles. The highest BCUT2D eigenvalue weighted by Gasteiger charge is 2.20. The van der Waals surface area contributed by atoms with Gasteiger partial charge in [0.05, 0.1) is 13.5 Å². The summed E-state index contributed by atoms with van der Waals surface area (Å²) in [5, 5.41) is 0. The first kappa shape index (κ1) is 13.6. The summed E-state index contributed by atoms with van der Waals surface area (Å²) in [6, 6.07) is 5.78. The van der Waals surface area contributed by atoms with Crippen LogP contribution < -0.4 is 4.74 Å². The van der Waals surface area contributed by atoms with E-state index in [9.17, 15) is 9.59 Å². The van der Waals surface area contributed by atoms with E-state index in [4.69, 9.17) is 4.74 Å². The number of aryl methyl sites for hydroxylation is 1. The monoisotopic (exact) mass is 261 g/mol. The SMILES string of the molecule is COc1ccc(CC(=O)N2CCC(=O)CC2)cc1C. The summed E-state index contributed by atoms with van der Waals surface area (Å²) in [6.07, 6.45) is 1.37. The van der Waals surface area contributed by atoms with Gasteiger partial charge in [-0.3, -0.25) is 9.59 Å². The quantitative estimate of drug-likeness (QED) is 0.832. The smallest absolute Gasteiger partial charge is 0.227 e. The first-order valence-corrected chi connectivity index (χ1v) is 6.53. The summed E-state index contributed by atoms with van der Waals surface area (Å²) in [5.74, 6) is 1.18. The third-order valence-electron chi connectivity index (χ3n) is 3.49. The molecule has 4 nitrogen and oxygen atoms in total. The number of ketones is 1. The lowest BCUT2D eigenvalue weighted by Gasteiger charge is -2.26. The molecule has 4 heteroatoms. The van der Waals surface area contributed by atoms with E-state index in [2.05, 4.69) is 0 Å². The van der Waals surface area contributed by atoms with Gasteiger partial charge in [-0.25, -0.2) is 0 Å². The van der Waals surface area contributed by atoms with Gasteiger partial charge in [-0.1, -0.05) is 12.1 Å². The highest BCUT2D eigenvalue weighted by Crippen LogP contribution is 2.19. The van der Waals surface area contributed by atoms with Gasteiger partial charge < -0.3 is 9.64 Å². The first-order valence-electron chi connectivity index (χ1n) is 6.53. The number of piperidine rings is 1. The number of methoxy groups -OCH3 is 1. The van der Waals surface area contributed by atoms with Crippen molar-refractivity contribution < 1.29 is 14.3 Å². The summed E-state index contributed by atoms with van der Waals surface area (Å²) in [5.41, 5.74) is 2.02. The molecule has 1 fully saturated rings. The maximum absolute atomic E-state index is 12.1. The van der Waals surface area contributed by atoms with E-state index in [-0.39, 0.29) is 11.7 Å². The largest absolute Gasteiger partial charge is 0.496 e. The molecule has 102 valence electrons. The van der Waals surface area contributed by atoms with Crippen molar-refractivity contribution in [1.29, 1.82) is 0 Å². The molecule has 0 atom stereocenters. The zero-order chi connectivity index (χ0) is 13.8. The summed E-state index contributed by atoms with van der Waals surface area (Å²) in [4.78, 5) is 25.1. The van der Waals surface area contributed by atoms with Crippen LogP contribution >= 0.6 is 0 Å². The number of nitrogens with zero attached hydrogens (tertiary/aromatic N) is 1. The molecule has 1 aliphatic heterocycles. The Labute approximate surface area is 113 Å². The number of hydrogen-bond donors (Lipinski definition) is 0. The van der Waals surface area contributed by atoms with Crippen molar-refractivity contribution in [2.75, 3.05) is 20.2 Å². The van der Waals surface area contributed by atoms with E-state index in [1.54, 1.807) is 12.0 Å². The van der Waals surface area contributed by atoms with Crippen LogP contribution in [0.2, 0.25) is 0 Å². The fourth-order valence-corrected chi connectivity index (χ4v) is 2.34. The number of Topliss-reactive ketones (excluding diaryl/α,β-unsaturated/α-hetero) is 1. The molecule has 1 aliphatic rings. The van der Waals surface area contributed by atoms with Crippen LogP contribution in [-0.2, 0) is 16.0 Å². The standard InChI is InChI=1S/C15H19NO3/c1-11-9-12(3-4-14(11)19-2)10-15(18)16-7-5-13(17)6-8-16/h3-4,9H,5-8,10H2,1-2H3. The minimum atomic E-state index is 0.0945. The van der Waals surface area contributed by atoms with Crippen molar-refractivity contribution in [3.63, 3.8) is 0 Å². The van der Waals surface area contributed by atoms with Crippen molar-refractivity contribution in [3.05, 3.63) is 29.3 Å². The van der Waals surface area contributed by atoms with Crippen LogP contribution in [0.5, 0.6) is 5.75 Å². The molecule has 0 radical (unpaired) electrons. The average molecular weight is 261 g/mol. The predicted octanol–water partition coefficient (Wildman–Crippen LogP) is 1.74. The molecule has 1 aromatic rings. The minimum absolute atomic E-state index is 0.0945. The van der Waals surface area contributed by atoms with Crippen LogP contribution in [0.25, 0.3) is 0 Å². The van der Waals surface area contributed by atoms with Crippen LogP contribution in [0, 0.1) is 6.92 Å². The van der Waals surface area contributed by atoms with Crippen molar-refractivity contribution in [2.24, 2.45) is 0 Å². The van der Waals surface area contributed by atoms with Crippen LogP contribution in [0.15, 0.2) is 18.2 Å². The van der Waals surface area contributed by atoms with E-state index < -0.39 is 0 Å². The Hall–Kier alpha value is -1.84. The Balaban J connectivity index is 1.99. The zero-order valence-corrected chi connectivity index (χ0v) is 11.4. The Morgan fingerprint density at radius 2 is 2.00 bits per heavy atom. The lowest BCUT2D eigenvalue weighted by Crippen LogP contribution is -2.39. The van der Waals surface area contributed by atoms with E-state index in [1.807, 2.05) is 25.1 Å². The molecule has 0 unspecified atom stereocenters. The number of amides is 1. The lowest BCUT2D eigenvalue weighted by atomic mass is 10.1. The van der Waals surface area contributed by atoms with E-state index in [0.717, 1.165) is 16.9 Å². The Kier molecular flexibility index (Phi) is 4.20. The number of benzene rings is 1. The van der Waals surface area contributed by atoms with Crippen LogP contribution in [0.4, 0.5) is 0 Å². The molecule has 1 saturated heterocycles. The fraction of sp³-hybridized carbons (Fsp3) is 0.467. The van der Waals surface area contributed by atoms with E-state index >= 15 is 0 Å². The third kappa shape index (κ3) is 3.34. The molecule has 0 aliphatic carbocycles. The van der Waals surface area contributed by atoms with E-state index in [0.29, 0.717) is 32.4 Å². The van der Waals surface area contributed by atoms with Gasteiger partial charge in [-0.15, -0.1) is 0 Å². The van der Waals surface area contributed by atoms with Crippen molar-refractivity contribution in [3.8, 4) is 5.75 Å². The normalized spacial score (nSPS) is 15.5. The number of ether oxygens (including phenoxy) is 1. The van der Waals surface area contributed by atoms with Gasteiger partial charge in [0.1, 0.15) is 11.5 Å². The molecular formula is C15H19NO3. The second kappa shape index (κ2) is 5.87. The second-order valence-electron chi connectivity index (χ2n) is 4.90. The first-order chi connectivity index (χ1) is 9.10. The summed E-state index contributed by atoms with van der Waals surface area (Å²) in [6.45, 7) is 3.09. The number of hydrogen-bond acceptors (Lipinski definition) is 3. The molecule has 0 spiro atoms. The van der Waals surface area contributed by atoms with Gasteiger partial charge in [0.25, 0.3) is 0 Å². The number of likely N-dealkylation sites (tertiary alicyclic amines) is 1. The Bertz CT molecular complexity index is 486. The maximum Gasteiger partial charge on any atom is 0.227 e. The Morgan fingerprint density at radius 3 is 2.58 bits per heavy atom. The highest BCUT2D eigenvalue weighted by molar-refractivity contribution is 5.84. The molecule has 1 aromatic carbocycles. The predicted molar refractivity (Wildman–Crippen MR) is 72.3 cm³/mol. The minimum Gasteiger partial charge on any atom is -0.496 e. The molecule has 0 N–H and O–H groups in total. The van der Waals surface area contributed by atoms with Crippen molar-refractivity contribution in [2.45, 2.75) is 26.2 Å². The molecular weight excluding hydrogens is 242 g/mol. The summed E-state index contributed by atoms with van der Waals surface area (Å²) < 4.78 is 5.20. The van der Waals surface area contributed by atoms with Crippen LogP contribution in [0.1, 0.15) is 24.0 Å². The molecule has 0 saturated carbocycles. The van der Waals surface area contributed by atoms with Crippen LogP contribution in [-0.4, -0.2) is 36.8 Å². The summed E-state index contributed by atoms with van der Waals surface area (Å²) in [7, 11) is 1.64. The highest BCUT2D eigenvalue weighted by atomic mass is 16.5. The number of rotatable bonds is 3. The van der Waals surface area contributed by atoms with Crippen molar-refractivity contribution >= 4 is 11.7 Å². The average Bonchev–Trinajstić information content (AvgIpc) is 2.39. The van der Waals surface area contributed by atoms with Gasteiger partial charge in [0.2, 0.25) is 5.91 Å². The molecule has 0 bridgehead atoms. The topological polar surface area (TPSA) is 46.6 Å². The fourth-order valence-electron chi connectivity index (χ4n) is 2.34.